The van der Waals surface area contributed by atoms with E-state index in [0.717, 1.165) is 0 Å². The van der Waals surface area contributed by atoms with Crippen LogP contribution in [0, 0.1) is 11.3 Å². The zero-order chi connectivity index (χ0) is 15.5. The van der Waals surface area contributed by atoms with E-state index in [0.29, 0.717) is 24.5 Å². The van der Waals surface area contributed by atoms with E-state index < -0.39 is 6.29 Å². The molecule has 1 rings (SSSR count). The van der Waals surface area contributed by atoms with E-state index in [1.807, 2.05) is 19.9 Å². The molecule has 1 aromatic carbocycles. The molecule has 0 bridgehead atoms. The van der Waals surface area contributed by atoms with Crippen molar-refractivity contribution in [3.8, 4) is 11.8 Å². The first-order valence-corrected chi connectivity index (χ1v) is 6.72. The Kier molecular flexibility index (Phi) is 7.87. The lowest BCUT2D eigenvalue weighted by Crippen LogP contribution is -2.22. The smallest absolute Gasteiger partial charge is 0.194 e. The number of hydrogen-bond donors (Lipinski definition) is 0. The fourth-order valence-electron chi connectivity index (χ4n) is 1.57. The van der Waals surface area contributed by atoms with Crippen LogP contribution >= 0.6 is 0 Å². The van der Waals surface area contributed by atoms with Gasteiger partial charge in [0.1, 0.15) is 11.8 Å². The summed E-state index contributed by atoms with van der Waals surface area (Å²) in [6.45, 7) is 4.90. The lowest BCUT2D eigenvalue weighted by Gasteiger charge is -2.15. The van der Waals surface area contributed by atoms with Gasteiger partial charge in [-0.2, -0.15) is 5.26 Å². The molecule has 0 spiro atoms. The first-order chi connectivity index (χ1) is 10.2. The minimum atomic E-state index is -0.487. The summed E-state index contributed by atoms with van der Waals surface area (Å²) >= 11 is 0. The van der Waals surface area contributed by atoms with Gasteiger partial charge < -0.3 is 19.0 Å². The summed E-state index contributed by atoms with van der Waals surface area (Å²) in [6.07, 6.45) is -0.487. The lowest BCUT2D eigenvalue weighted by atomic mass is 10.1. The van der Waals surface area contributed by atoms with Crippen molar-refractivity contribution in [2.24, 2.45) is 5.16 Å². The number of hydrogen-bond acceptors (Lipinski definition) is 6. The third-order valence-electron chi connectivity index (χ3n) is 2.54. The Hall–Kier alpha value is -2.10. The molecule has 114 valence electrons. The van der Waals surface area contributed by atoms with Crippen molar-refractivity contribution in [3.05, 3.63) is 29.8 Å². The van der Waals surface area contributed by atoms with Gasteiger partial charge in [0.05, 0.1) is 7.11 Å². The van der Waals surface area contributed by atoms with Gasteiger partial charge in [0, 0.05) is 18.8 Å². The number of rotatable bonds is 9. The zero-order valence-electron chi connectivity index (χ0n) is 12.5. The standard InChI is InChI=1S/C15H20N2O4/c1-4-19-15(20-5-2)11-21-17-14(10-16)12-6-8-13(18-3)9-7-12/h6-9,15H,4-5,11H2,1-3H3. The Bertz CT molecular complexity index is 473. The van der Waals surface area contributed by atoms with Gasteiger partial charge in [-0.15, -0.1) is 0 Å². The molecule has 0 heterocycles. The molecule has 1 aromatic rings. The normalized spacial score (nSPS) is 11.3. The summed E-state index contributed by atoms with van der Waals surface area (Å²) in [6, 6.07) is 8.99. The van der Waals surface area contributed by atoms with Crippen LogP contribution in [0.1, 0.15) is 19.4 Å². The Labute approximate surface area is 124 Å². The van der Waals surface area contributed by atoms with Gasteiger partial charge in [-0.1, -0.05) is 5.16 Å². The van der Waals surface area contributed by atoms with Crippen LogP contribution in [-0.2, 0) is 14.3 Å². The predicted molar refractivity (Wildman–Crippen MR) is 78.1 cm³/mol. The van der Waals surface area contributed by atoms with Crippen molar-refractivity contribution in [3.63, 3.8) is 0 Å². The molecule has 6 nitrogen and oxygen atoms in total. The second-order valence-electron chi connectivity index (χ2n) is 3.92. The fourth-order valence-corrected chi connectivity index (χ4v) is 1.57. The molecule has 0 radical (unpaired) electrons. The maximum Gasteiger partial charge on any atom is 0.194 e. The van der Waals surface area contributed by atoms with E-state index in [4.69, 9.17) is 24.3 Å². The number of ether oxygens (including phenoxy) is 3. The van der Waals surface area contributed by atoms with Gasteiger partial charge in [-0.3, -0.25) is 0 Å². The molecule has 6 heteroatoms. The molecule has 0 fully saturated rings. The largest absolute Gasteiger partial charge is 0.497 e. The topological polar surface area (TPSA) is 73.1 Å². The first kappa shape index (κ1) is 17.0. The molecule has 0 aliphatic heterocycles. The monoisotopic (exact) mass is 292 g/mol. The highest BCUT2D eigenvalue weighted by molar-refractivity contribution is 6.11. The average molecular weight is 292 g/mol. The second kappa shape index (κ2) is 9.75. The summed E-state index contributed by atoms with van der Waals surface area (Å²) < 4.78 is 15.7. The molecule has 0 saturated heterocycles. The van der Waals surface area contributed by atoms with Crippen molar-refractivity contribution in [2.75, 3.05) is 26.9 Å². The van der Waals surface area contributed by atoms with Gasteiger partial charge in [0.2, 0.25) is 0 Å². The zero-order valence-corrected chi connectivity index (χ0v) is 12.5. The maximum absolute atomic E-state index is 9.12. The van der Waals surface area contributed by atoms with Crippen LogP contribution in [0.4, 0.5) is 0 Å². The molecular weight excluding hydrogens is 272 g/mol. The molecule has 0 saturated carbocycles. The maximum atomic E-state index is 9.12. The molecular formula is C15H20N2O4. The Morgan fingerprint density at radius 1 is 1.19 bits per heavy atom. The van der Waals surface area contributed by atoms with Crippen molar-refractivity contribution in [1.82, 2.24) is 0 Å². The Morgan fingerprint density at radius 2 is 1.81 bits per heavy atom. The lowest BCUT2D eigenvalue weighted by molar-refractivity contribution is -0.167. The van der Waals surface area contributed by atoms with E-state index in [-0.39, 0.29) is 12.3 Å². The molecule has 0 aliphatic rings. The molecule has 0 aliphatic carbocycles. The van der Waals surface area contributed by atoms with Crippen molar-refractivity contribution < 1.29 is 19.0 Å². The molecule has 0 atom stereocenters. The van der Waals surface area contributed by atoms with E-state index in [9.17, 15) is 0 Å². The summed E-state index contributed by atoms with van der Waals surface area (Å²) in [4.78, 5) is 5.15. The number of oxime groups is 1. The molecule has 21 heavy (non-hydrogen) atoms. The quantitative estimate of drug-likeness (QED) is 0.397. The highest BCUT2D eigenvalue weighted by atomic mass is 16.7. The van der Waals surface area contributed by atoms with E-state index in [2.05, 4.69) is 5.16 Å². The minimum absolute atomic E-state index is 0.128. The highest BCUT2D eigenvalue weighted by Crippen LogP contribution is 2.12. The molecule has 0 amide bonds. The highest BCUT2D eigenvalue weighted by Gasteiger charge is 2.09. The van der Waals surface area contributed by atoms with Crippen molar-refractivity contribution in [1.29, 1.82) is 5.26 Å². The van der Waals surface area contributed by atoms with Crippen LogP contribution in [0.25, 0.3) is 0 Å². The number of benzene rings is 1. The van der Waals surface area contributed by atoms with Crippen LogP contribution in [0.15, 0.2) is 29.4 Å². The Morgan fingerprint density at radius 3 is 2.29 bits per heavy atom. The van der Waals surface area contributed by atoms with Gasteiger partial charge in [-0.25, -0.2) is 0 Å². The molecule has 0 N–H and O–H groups in total. The van der Waals surface area contributed by atoms with Crippen LogP contribution in [0.5, 0.6) is 5.75 Å². The third-order valence-corrected chi connectivity index (χ3v) is 2.54. The van der Waals surface area contributed by atoms with Crippen LogP contribution in [-0.4, -0.2) is 38.9 Å². The van der Waals surface area contributed by atoms with E-state index in [1.54, 1.807) is 31.4 Å². The van der Waals surface area contributed by atoms with Crippen LogP contribution < -0.4 is 4.74 Å². The predicted octanol–water partition coefficient (Wildman–Crippen LogP) is 2.34. The van der Waals surface area contributed by atoms with E-state index >= 15 is 0 Å². The van der Waals surface area contributed by atoms with Gasteiger partial charge in [0.25, 0.3) is 0 Å². The molecule has 0 unspecified atom stereocenters. The third kappa shape index (κ3) is 5.81. The number of nitrogens with zero attached hydrogens (tertiary/aromatic N) is 2. The Balaban J connectivity index is 2.64. The number of nitriles is 1. The SMILES string of the molecule is CCOC(CON=C(C#N)c1ccc(OC)cc1)OCC. The van der Waals surface area contributed by atoms with Gasteiger partial charge >= 0.3 is 0 Å². The van der Waals surface area contributed by atoms with Crippen LogP contribution in [0.2, 0.25) is 0 Å². The van der Waals surface area contributed by atoms with Crippen molar-refractivity contribution >= 4 is 5.71 Å². The minimum Gasteiger partial charge on any atom is -0.497 e. The number of methoxy groups -OCH3 is 1. The summed E-state index contributed by atoms with van der Waals surface area (Å²) in [7, 11) is 1.58. The second-order valence-corrected chi connectivity index (χ2v) is 3.92. The van der Waals surface area contributed by atoms with Gasteiger partial charge in [-0.05, 0) is 38.1 Å². The van der Waals surface area contributed by atoms with Crippen LogP contribution in [0.3, 0.4) is 0 Å². The molecule has 0 aromatic heterocycles. The average Bonchev–Trinajstić information content (AvgIpc) is 2.52. The van der Waals surface area contributed by atoms with Crippen molar-refractivity contribution in [2.45, 2.75) is 20.1 Å². The summed E-state index contributed by atoms with van der Waals surface area (Å²) in [5.41, 5.74) is 0.840. The summed E-state index contributed by atoms with van der Waals surface area (Å²) in [5.74, 6) is 0.713. The van der Waals surface area contributed by atoms with Gasteiger partial charge in [0.15, 0.2) is 18.6 Å². The van der Waals surface area contributed by atoms with E-state index in [1.165, 1.54) is 0 Å². The first-order valence-electron chi connectivity index (χ1n) is 6.72. The fraction of sp³-hybridized carbons (Fsp3) is 0.467. The summed E-state index contributed by atoms with van der Waals surface area (Å²) in [5, 5.41) is 13.0.